The highest BCUT2D eigenvalue weighted by atomic mass is 16.6. The van der Waals surface area contributed by atoms with Crippen LogP contribution in [0.25, 0.3) is 0 Å². The summed E-state index contributed by atoms with van der Waals surface area (Å²) in [6.45, 7) is 6.02. The molecule has 0 atom stereocenters. The molecule has 1 aromatic rings. The monoisotopic (exact) mass is 290 g/mol. The summed E-state index contributed by atoms with van der Waals surface area (Å²) in [5.74, 6) is 0. The summed E-state index contributed by atoms with van der Waals surface area (Å²) in [6.07, 6.45) is 2.05. The highest BCUT2D eigenvalue weighted by molar-refractivity contribution is 5.69. The van der Waals surface area contributed by atoms with E-state index in [-0.39, 0.29) is 12.1 Å². The second-order valence-corrected chi connectivity index (χ2v) is 6.42. The first-order chi connectivity index (χ1) is 9.80. The van der Waals surface area contributed by atoms with Crippen LogP contribution in [0, 0.1) is 11.3 Å². The summed E-state index contributed by atoms with van der Waals surface area (Å²) in [4.78, 5) is 14.0. The Bertz CT molecular complexity index is 561. The Morgan fingerprint density at radius 2 is 2.24 bits per heavy atom. The highest BCUT2D eigenvalue weighted by Gasteiger charge is 2.35. The van der Waals surface area contributed by atoms with Gasteiger partial charge in [-0.2, -0.15) is 10.4 Å². The van der Waals surface area contributed by atoms with Gasteiger partial charge in [-0.05, 0) is 39.7 Å². The van der Waals surface area contributed by atoms with Crippen LogP contribution in [-0.4, -0.2) is 32.4 Å². The predicted octanol–water partition coefficient (Wildman–Crippen LogP) is 2.39. The smallest absolute Gasteiger partial charge is 0.410 e. The van der Waals surface area contributed by atoms with Gasteiger partial charge in [0, 0.05) is 13.1 Å². The normalized spacial score (nSPS) is 14.6. The van der Waals surface area contributed by atoms with Crippen molar-refractivity contribution < 1.29 is 9.53 Å². The van der Waals surface area contributed by atoms with Gasteiger partial charge in [-0.1, -0.05) is 0 Å². The minimum absolute atomic E-state index is 0.251. The second kappa shape index (κ2) is 5.76. The molecule has 114 valence electrons. The molecule has 1 aliphatic carbocycles. The van der Waals surface area contributed by atoms with Crippen LogP contribution in [-0.2, 0) is 24.8 Å². The van der Waals surface area contributed by atoms with E-state index >= 15 is 0 Å². The van der Waals surface area contributed by atoms with E-state index in [9.17, 15) is 4.79 Å². The second-order valence-electron chi connectivity index (χ2n) is 6.42. The van der Waals surface area contributed by atoms with Crippen LogP contribution in [0.3, 0.4) is 0 Å². The Morgan fingerprint density at radius 3 is 2.76 bits per heavy atom. The summed E-state index contributed by atoms with van der Waals surface area (Å²) in [7, 11) is 1.81. The number of rotatable bonds is 4. The summed E-state index contributed by atoms with van der Waals surface area (Å²) in [5.41, 5.74) is 1.15. The molecule has 0 radical (unpaired) electrons. The lowest BCUT2D eigenvalue weighted by Gasteiger charge is -2.26. The first kappa shape index (κ1) is 15.4. The Labute approximate surface area is 125 Å². The average Bonchev–Trinajstić information content (AvgIpc) is 3.11. The first-order valence-electron chi connectivity index (χ1n) is 7.18. The van der Waals surface area contributed by atoms with E-state index in [2.05, 4.69) is 11.2 Å². The molecule has 1 heterocycles. The SMILES string of the molecule is Cn1nc(CN(C(=O)OC(C)(C)C)C2CC2)cc1CC#N. The number of amides is 1. The van der Waals surface area contributed by atoms with Crippen LogP contribution in [0.15, 0.2) is 6.07 Å². The van der Waals surface area contributed by atoms with Gasteiger partial charge in [-0.25, -0.2) is 4.79 Å². The molecule has 0 saturated heterocycles. The van der Waals surface area contributed by atoms with E-state index in [0.717, 1.165) is 24.2 Å². The van der Waals surface area contributed by atoms with Crippen molar-refractivity contribution in [3.63, 3.8) is 0 Å². The van der Waals surface area contributed by atoms with Gasteiger partial charge in [0.05, 0.1) is 30.4 Å². The van der Waals surface area contributed by atoms with E-state index in [4.69, 9.17) is 10.00 Å². The Kier molecular flexibility index (Phi) is 4.21. The average molecular weight is 290 g/mol. The van der Waals surface area contributed by atoms with Crippen LogP contribution in [0.1, 0.15) is 45.0 Å². The molecule has 6 heteroatoms. The molecule has 2 rings (SSSR count). The third-order valence-electron chi connectivity index (χ3n) is 3.24. The van der Waals surface area contributed by atoms with Crippen LogP contribution >= 0.6 is 0 Å². The van der Waals surface area contributed by atoms with E-state index < -0.39 is 5.60 Å². The van der Waals surface area contributed by atoms with Crippen molar-refractivity contribution in [2.45, 2.75) is 58.2 Å². The van der Waals surface area contributed by atoms with Crippen molar-refractivity contribution in [3.8, 4) is 6.07 Å². The maximum Gasteiger partial charge on any atom is 0.410 e. The Morgan fingerprint density at radius 1 is 1.57 bits per heavy atom. The lowest BCUT2D eigenvalue weighted by atomic mass is 10.2. The van der Waals surface area contributed by atoms with Crippen molar-refractivity contribution in [1.82, 2.24) is 14.7 Å². The number of nitrogens with zero attached hydrogens (tertiary/aromatic N) is 4. The summed E-state index contributed by atoms with van der Waals surface area (Å²) < 4.78 is 7.15. The largest absolute Gasteiger partial charge is 0.444 e. The maximum absolute atomic E-state index is 12.3. The standard InChI is InChI=1S/C15H22N4O2/c1-15(2,3)21-14(20)19(12-5-6-12)10-11-9-13(7-8-16)18(4)17-11/h9,12H,5-7,10H2,1-4H3. The van der Waals surface area contributed by atoms with Gasteiger partial charge in [0.15, 0.2) is 0 Å². The summed E-state index contributed by atoms with van der Waals surface area (Å²) >= 11 is 0. The molecule has 0 N–H and O–H groups in total. The molecule has 1 fully saturated rings. The minimum atomic E-state index is -0.500. The minimum Gasteiger partial charge on any atom is -0.444 e. The highest BCUT2D eigenvalue weighted by Crippen LogP contribution is 2.29. The Balaban J connectivity index is 2.08. The molecule has 1 amide bonds. The molecule has 1 aliphatic rings. The zero-order valence-corrected chi connectivity index (χ0v) is 13.1. The fourth-order valence-electron chi connectivity index (χ4n) is 2.12. The molecule has 0 aromatic carbocycles. The lowest BCUT2D eigenvalue weighted by Crippen LogP contribution is -2.37. The number of ether oxygens (including phenoxy) is 1. The zero-order valence-electron chi connectivity index (χ0n) is 13.1. The summed E-state index contributed by atoms with van der Waals surface area (Å²) in [5, 5.41) is 13.1. The van der Waals surface area contributed by atoms with E-state index in [1.54, 1.807) is 9.58 Å². The van der Waals surface area contributed by atoms with Crippen molar-refractivity contribution in [2.75, 3.05) is 0 Å². The lowest BCUT2D eigenvalue weighted by molar-refractivity contribution is 0.0214. The molecule has 0 bridgehead atoms. The number of aromatic nitrogens is 2. The fourth-order valence-corrected chi connectivity index (χ4v) is 2.12. The number of carbonyl (C=O) groups is 1. The third-order valence-corrected chi connectivity index (χ3v) is 3.24. The van der Waals surface area contributed by atoms with E-state index in [1.807, 2.05) is 33.9 Å². The quantitative estimate of drug-likeness (QED) is 0.853. The van der Waals surface area contributed by atoms with Crippen molar-refractivity contribution in [1.29, 1.82) is 5.26 Å². The van der Waals surface area contributed by atoms with Gasteiger partial charge < -0.3 is 4.74 Å². The molecular weight excluding hydrogens is 268 g/mol. The molecule has 1 aromatic heterocycles. The number of hydrogen-bond acceptors (Lipinski definition) is 4. The number of nitriles is 1. The van der Waals surface area contributed by atoms with E-state index in [1.165, 1.54) is 0 Å². The van der Waals surface area contributed by atoms with Crippen molar-refractivity contribution in [2.24, 2.45) is 7.05 Å². The zero-order chi connectivity index (χ0) is 15.6. The third kappa shape index (κ3) is 4.22. The number of aryl methyl sites for hydroxylation is 1. The van der Waals surface area contributed by atoms with Crippen molar-refractivity contribution in [3.05, 3.63) is 17.5 Å². The van der Waals surface area contributed by atoms with Gasteiger partial charge in [0.1, 0.15) is 5.60 Å². The topological polar surface area (TPSA) is 71.2 Å². The molecule has 6 nitrogen and oxygen atoms in total. The van der Waals surface area contributed by atoms with Crippen LogP contribution in [0.2, 0.25) is 0 Å². The van der Waals surface area contributed by atoms with Gasteiger partial charge in [0.2, 0.25) is 0 Å². The molecule has 21 heavy (non-hydrogen) atoms. The maximum atomic E-state index is 12.3. The Hall–Kier alpha value is -2.03. The van der Waals surface area contributed by atoms with Crippen LogP contribution in [0.5, 0.6) is 0 Å². The van der Waals surface area contributed by atoms with Crippen LogP contribution < -0.4 is 0 Å². The van der Waals surface area contributed by atoms with Gasteiger partial charge >= 0.3 is 6.09 Å². The summed E-state index contributed by atoms with van der Waals surface area (Å²) in [6, 6.07) is 4.24. The number of carbonyl (C=O) groups excluding carboxylic acids is 1. The van der Waals surface area contributed by atoms with Gasteiger partial charge in [0.25, 0.3) is 0 Å². The molecular formula is C15H22N4O2. The molecule has 0 aliphatic heterocycles. The fraction of sp³-hybridized carbons (Fsp3) is 0.667. The van der Waals surface area contributed by atoms with Crippen LogP contribution in [0.4, 0.5) is 4.79 Å². The number of hydrogen-bond donors (Lipinski definition) is 0. The van der Waals surface area contributed by atoms with E-state index in [0.29, 0.717) is 13.0 Å². The first-order valence-corrected chi connectivity index (χ1v) is 7.18. The predicted molar refractivity (Wildman–Crippen MR) is 77.3 cm³/mol. The molecule has 1 saturated carbocycles. The molecule has 0 unspecified atom stereocenters. The molecule has 0 spiro atoms. The van der Waals surface area contributed by atoms with Gasteiger partial charge in [-0.3, -0.25) is 9.58 Å². The van der Waals surface area contributed by atoms with Gasteiger partial charge in [-0.15, -0.1) is 0 Å². The van der Waals surface area contributed by atoms with Crippen molar-refractivity contribution >= 4 is 6.09 Å².